The summed E-state index contributed by atoms with van der Waals surface area (Å²) in [7, 11) is -2.07. The Hall–Kier alpha value is -3.56. The number of nitrogens with one attached hydrogen (secondary N) is 1. The Morgan fingerprint density at radius 3 is 2.21 bits per heavy atom. The normalized spacial score (nSPS) is 12.0. The van der Waals surface area contributed by atoms with Gasteiger partial charge in [-0.2, -0.15) is 0 Å². The zero-order valence-electron chi connectivity index (χ0n) is 24.6. The van der Waals surface area contributed by atoms with E-state index >= 15 is 0 Å². The summed E-state index contributed by atoms with van der Waals surface area (Å²) in [4.78, 5) is 29.1. The van der Waals surface area contributed by atoms with Crippen LogP contribution in [0.3, 0.4) is 0 Å². The van der Waals surface area contributed by atoms with Crippen molar-refractivity contribution >= 4 is 39.1 Å². The minimum Gasteiger partial charge on any atom is -0.497 e. The lowest BCUT2D eigenvalue weighted by molar-refractivity contribution is -0.141. The first-order valence-corrected chi connectivity index (χ1v) is 16.2. The molecule has 1 N–H and O–H groups in total. The first kappa shape index (κ1) is 32.9. The van der Waals surface area contributed by atoms with Gasteiger partial charge in [-0.1, -0.05) is 67.9 Å². The van der Waals surface area contributed by atoms with Crippen LogP contribution < -0.4 is 14.4 Å². The van der Waals surface area contributed by atoms with E-state index in [-0.39, 0.29) is 43.7 Å². The second-order valence-electron chi connectivity index (χ2n) is 10.6. The number of hydrogen-bond donors (Lipinski definition) is 1. The molecule has 0 bridgehead atoms. The third-order valence-corrected chi connectivity index (χ3v) is 8.14. The summed E-state index contributed by atoms with van der Waals surface area (Å²) in [6.45, 7) is 4.79. The molecule has 0 aliphatic heterocycles. The van der Waals surface area contributed by atoms with Gasteiger partial charge in [0.25, 0.3) is 0 Å². The lowest BCUT2D eigenvalue weighted by Gasteiger charge is -2.32. The molecule has 1 atom stereocenters. The summed E-state index contributed by atoms with van der Waals surface area (Å²) in [5.41, 5.74) is 2.20. The Morgan fingerprint density at radius 1 is 0.952 bits per heavy atom. The van der Waals surface area contributed by atoms with Crippen molar-refractivity contribution in [2.45, 2.75) is 45.7 Å². The van der Waals surface area contributed by atoms with Crippen LogP contribution in [0.2, 0.25) is 5.02 Å². The van der Waals surface area contributed by atoms with Crippen LogP contribution in [0.4, 0.5) is 5.69 Å². The van der Waals surface area contributed by atoms with E-state index in [9.17, 15) is 18.0 Å². The molecule has 0 saturated carbocycles. The van der Waals surface area contributed by atoms with Gasteiger partial charge < -0.3 is 15.0 Å². The number of benzene rings is 3. The smallest absolute Gasteiger partial charge is 0.243 e. The summed E-state index contributed by atoms with van der Waals surface area (Å²) in [6, 6.07) is 22.7. The van der Waals surface area contributed by atoms with Crippen molar-refractivity contribution in [1.29, 1.82) is 0 Å². The van der Waals surface area contributed by atoms with E-state index in [1.807, 2.05) is 56.3 Å². The van der Waals surface area contributed by atoms with Crippen molar-refractivity contribution in [3.63, 3.8) is 0 Å². The monoisotopic (exact) mass is 613 g/mol. The number of amides is 2. The average molecular weight is 614 g/mol. The minimum atomic E-state index is -3.61. The molecule has 8 nitrogen and oxygen atoms in total. The summed E-state index contributed by atoms with van der Waals surface area (Å²) < 4.78 is 31.7. The first-order valence-electron chi connectivity index (χ1n) is 13.9. The van der Waals surface area contributed by atoms with Crippen molar-refractivity contribution in [2.75, 3.05) is 30.8 Å². The highest BCUT2D eigenvalue weighted by Crippen LogP contribution is 2.23. The number of hydrogen-bond acceptors (Lipinski definition) is 5. The van der Waals surface area contributed by atoms with Crippen molar-refractivity contribution < 1.29 is 22.7 Å². The van der Waals surface area contributed by atoms with Crippen LogP contribution in [-0.2, 0) is 32.6 Å². The van der Waals surface area contributed by atoms with Gasteiger partial charge in [0.05, 0.1) is 19.1 Å². The van der Waals surface area contributed by atoms with E-state index in [0.717, 1.165) is 17.4 Å². The summed E-state index contributed by atoms with van der Waals surface area (Å²) in [5.74, 6) is 0.361. The maximum Gasteiger partial charge on any atom is 0.243 e. The molecule has 0 saturated heterocycles. The number of sulfonamides is 1. The van der Waals surface area contributed by atoms with Crippen LogP contribution in [0, 0.1) is 5.92 Å². The van der Waals surface area contributed by atoms with Crippen LogP contribution in [0.1, 0.15) is 37.8 Å². The lowest BCUT2D eigenvalue weighted by Crippen LogP contribution is -2.51. The number of ether oxygens (including phenoxy) is 1. The molecule has 0 fully saturated rings. The highest BCUT2D eigenvalue weighted by atomic mass is 35.5. The molecule has 10 heteroatoms. The second-order valence-corrected chi connectivity index (χ2v) is 13.0. The predicted molar refractivity (Wildman–Crippen MR) is 168 cm³/mol. The fraction of sp³-hybridized carbons (Fsp3) is 0.375. The topological polar surface area (TPSA) is 96.0 Å². The van der Waals surface area contributed by atoms with Crippen molar-refractivity contribution in [1.82, 2.24) is 10.2 Å². The molecule has 0 radical (unpaired) electrons. The fourth-order valence-electron chi connectivity index (χ4n) is 4.56. The summed E-state index contributed by atoms with van der Waals surface area (Å²) >= 11 is 6.25. The molecule has 0 aliphatic rings. The van der Waals surface area contributed by atoms with Gasteiger partial charge in [-0.25, -0.2) is 8.42 Å². The van der Waals surface area contributed by atoms with Crippen LogP contribution >= 0.6 is 11.6 Å². The Kier molecular flexibility index (Phi) is 12.2. The Bertz CT molecular complexity index is 1420. The molecule has 0 spiro atoms. The number of anilines is 1. The van der Waals surface area contributed by atoms with Gasteiger partial charge in [0.2, 0.25) is 21.8 Å². The summed E-state index contributed by atoms with van der Waals surface area (Å²) in [6.07, 6.45) is 1.78. The molecule has 0 heterocycles. The SMILES string of the molecule is COc1ccc(N(CCCC(=O)N(Cc2cccc(Cl)c2)C(Cc2ccccc2)C(=O)NCC(C)C)S(C)(=O)=O)cc1. The maximum atomic E-state index is 13.9. The van der Waals surface area contributed by atoms with E-state index in [1.54, 1.807) is 41.3 Å². The predicted octanol–water partition coefficient (Wildman–Crippen LogP) is 5.31. The minimum absolute atomic E-state index is 0.0471. The number of nitrogens with zero attached hydrogens (tertiary/aromatic N) is 2. The average Bonchev–Trinajstić information content (AvgIpc) is 2.95. The van der Waals surface area contributed by atoms with Crippen molar-refractivity contribution in [3.05, 3.63) is 95.0 Å². The molecule has 42 heavy (non-hydrogen) atoms. The van der Waals surface area contributed by atoms with E-state index in [4.69, 9.17) is 16.3 Å². The van der Waals surface area contributed by atoms with Crippen LogP contribution in [-0.4, -0.2) is 57.6 Å². The standard InChI is InChI=1S/C32H40ClN3O5S/c1-24(2)22-34-32(38)30(21-25-10-6-5-7-11-25)35(23-26-12-8-13-27(33)20-26)31(37)14-9-19-36(42(4,39)40)28-15-17-29(41-3)18-16-28/h5-8,10-13,15-18,20,24,30H,9,14,19,21-23H2,1-4H3,(H,34,38). The van der Waals surface area contributed by atoms with Gasteiger partial charge in [0.15, 0.2) is 0 Å². The first-order chi connectivity index (χ1) is 20.0. The van der Waals surface area contributed by atoms with Crippen LogP contribution in [0.5, 0.6) is 5.75 Å². The Morgan fingerprint density at radius 2 is 1.62 bits per heavy atom. The third kappa shape index (κ3) is 10.1. The molecule has 2 amide bonds. The quantitative estimate of drug-likeness (QED) is 0.251. The van der Waals surface area contributed by atoms with Gasteiger partial charge in [-0.3, -0.25) is 13.9 Å². The van der Waals surface area contributed by atoms with Gasteiger partial charge in [0.1, 0.15) is 11.8 Å². The molecular formula is C32H40ClN3O5S. The molecular weight excluding hydrogens is 574 g/mol. The molecule has 226 valence electrons. The Labute approximate surface area is 254 Å². The molecule has 3 rings (SSSR count). The molecule has 3 aromatic carbocycles. The zero-order chi connectivity index (χ0) is 30.7. The third-order valence-electron chi connectivity index (χ3n) is 6.71. The molecule has 1 unspecified atom stereocenters. The number of carbonyl (C=O) groups is 2. The summed E-state index contributed by atoms with van der Waals surface area (Å²) in [5, 5.41) is 3.54. The lowest BCUT2D eigenvalue weighted by atomic mass is 10.0. The van der Waals surface area contributed by atoms with Crippen molar-refractivity contribution in [2.24, 2.45) is 5.92 Å². The number of carbonyl (C=O) groups excluding carboxylic acids is 2. The molecule has 0 aromatic heterocycles. The fourth-order valence-corrected chi connectivity index (χ4v) is 5.74. The highest BCUT2D eigenvalue weighted by Gasteiger charge is 2.30. The number of methoxy groups -OCH3 is 1. The van der Waals surface area contributed by atoms with E-state index in [0.29, 0.717) is 29.4 Å². The highest BCUT2D eigenvalue weighted by molar-refractivity contribution is 7.92. The second kappa shape index (κ2) is 15.6. The number of rotatable bonds is 15. The van der Waals surface area contributed by atoms with Crippen LogP contribution in [0.25, 0.3) is 0 Å². The Balaban J connectivity index is 1.87. The largest absolute Gasteiger partial charge is 0.497 e. The van der Waals surface area contributed by atoms with Gasteiger partial charge in [-0.15, -0.1) is 0 Å². The molecule has 3 aromatic rings. The van der Waals surface area contributed by atoms with Gasteiger partial charge >= 0.3 is 0 Å². The van der Waals surface area contributed by atoms with E-state index < -0.39 is 16.1 Å². The van der Waals surface area contributed by atoms with Crippen LogP contribution in [0.15, 0.2) is 78.9 Å². The van der Waals surface area contributed by atoms with Gasteiger partial charge in [0, 0.05) is 37.5 Å². The zero-order valence-corrected chi connectivity index (χ0v) is 26.2. The number of halogens is 1. The maximum absolute atomic E-state index is 13.9. The van der Waals surface area contributed by atoms with E-state index in [1.165, 1.54) is 11.4 Å². The van der Waals surface area contributed by atoms with Gasteiger partial charge in [-0.05, 0) is 59.9 Å². The molecule has 0 aliphatic carbocycles. The van der Waals surface area contributed by atoms with E-state index in [2.05, 4.69) is 5.32 Å². The van der Waals surface area contributed by atoms with Crippen molar-refractivity contribution in [3.8, 4) is 5.75 Å².